The second-order valence-corrected chi connectivity index (χ2v) is 7.23. The topological polar surface area (TPSA) is 66.0 Å². The molecular weight excluding hydrogens is 374 g/mol. The summed E-state index contributed by atoms with van der Waals surface area (Å²) in [7, 11) is 1.30. The van der Waals surface area contributed by atoms with Gasteiger partial charge in [0.1, 0.15) is 11.8 Å². The molecule has 5 nitrogen and oxygen atoms in total. The number of nitrogens with zero attached hydrogens (tertiary/aromatic N) is 3. The predicted molar refractivity (Wildman–Crippen MR) is 106 cm³/mol. The van der Waals surface area contributed by atoms with Crippen molar-refractivity contribution in [1.29, 1.82) is 0 Å². The first kappa shape index (κ1) is 17.6. The Morgan fingerprint density at radius 2 is 1.83 bits per heavy atom. The molecule has 2 aromatic heterocycles. The first-order valence-electron chi connectivity index (χ1n) is 9.28. The summed E-state index contributed by atoms with van der Waals surface area (Å²) in [5.74, 6) is -1.69. The summed E-state index contributed by atoms with van der Waals surface area (Å²) in [4.78, 5) is 8.57. The molecule has 0 fully saturated rings. The van der Waals surface area contributed by atoms with Gasteiger partial charge in [0.15, 0.2) is 17.4 Å². The third-order valence-electron chi connectivity index (χ3n) is 5.60. The quantitative estimate of drug-likeness (QED) is 0.568. The van der Waals surface area contributed by atoms with Crippen molar-refractivity contribution in [3.8, 4) is 11.4 Å². The van der Waals surface area contributed by atoms with Gasteiger partial charge in [-0.15, -0.1) is 0 Å². The molecule has 2 aromatic carbocycles. The van der Waals surface area contributed by atoms with Gasteiger partial charge in [0.05, 0.1) is 18.3 Å². The maximum atomic E-state index is 14.2. The molecule has 0 radical (unpaired) electrons. The smallest absolute Gasteiger partial charge is 0.200 e. The summed E-state index contributed by atoms with van der Waals surface area (Å²) < 4.78 is 34.8. The normalized spacial score (nSPS) is 13.8. The Bertz CT molecular complexity index is 1230. The monoisotopic (exact) mass is 392 g/mol. The second-order valence-electron chi connectivity index (χ2n) is 7.23. The number of fused-ring (bicyclic) bond motifs is 2. The first-order valence-corrected chi connectivity index (χ1v) is 9.28. The summed E-state index contributed by atoms with van der Waals surface area (Å²) >= 11 is 0. The van der Waals surface area contributed by atoms with Crippen molar-refractivity contribution in [1.82, 2.24) is 14.5 Å². The van der Waals surface area contributed by atoms with Crippen LogP contribution in [-0.4, -0.2) is 21.6 Å². The summed E-state index contributed by atoms with van der Waals surface area (Å²) in [6.45, 7) is 0. The van der Waals surface area contributed by atoms with E-state index in [0.717, 1.165) is 30.0 Å². The number of anilines is 1. The fraction of sp³-hybridized carbons (Fsp3) is 0.182. The predicted octanol–water partition coefficient (Wildman–Crippen LogP) is 4.17. The van der Waals surface area contributed by atoms with Gasteiger partial charge >= 0.3 is 0 Å². The van der Waals surface area contributed by atoms with Crippen LogP contribution in [0.2, 0.25) is 0 Å². The van der Waals surface area contributed by atoms with Crippen molar-refractivity contribution in [3.05, 3.63) is 77.2 Å². The highest BCUT2D eigenvalue weighted by Gasteiger charge is 2.27. The Balaban J connectivity index is 1.70. The molecule has 146 valence electrons. The molecule has 0 spiro atoms. The maximum Gasteiger partial charge on any atom is 0.200 e. The summed E-state index contributed by atoms with van der Waals surface area (Å²) in [6, 6.07) is 10.9. The molecule has 0 atom stereocenters. The molecule has 0 bridgehead atoms. The lowest BCUT2D eigenvalue weighted by Crippen LogP contribution is -2.01. The Morgan fingerprint density at radius 3 is 2.52 bits per heavy atom. The molecule has 29 heavy (non-hydrogen) atoms. The lowest BCUT2D eigenvalue weighted by molar-refractivity contribution is 0.371. The van der Waals surface area contributed by atoms with Crippen LogP contribution in [0.15, 0.2) is 48.9 Å². The first-order chi connectivity index (χ1) is 14.1. The van der Waals surface area contributed by atoms with E-state index >= 15 is 0 Å². The van der Waals surface area contributed by atoms with Gasteiger partial charge in [-0.05, 0) is 29.9 Å². The van der Waals surface area contributed by atoms with Crippen molar-refractivity contribution in [2.24, 2.45) is 0 Å². The van der Waals surface area contributed by atoms with E-state index in [9.17, 15) is 8.78 Å². The Kier molecular flexibility index (Phi) is 3.97. The second kappa shape index (κ2) is 6.55. The number of ether oxygens (including phenoxy) is 1. The van der Waals surface area contributed by atoms with Gasteiger partial charge in [-0.3, -0.25) is 0 Å². The molecular formula is C22H18F2N4O. The van der Waals surface area contributed by atoms with Crippen LogP contribution in [0.25, 0.3) is 16.7 Å². The zero-order valence-electron chi connectivity index (χ0n) is 15.7. The van der Waals surface area contributed by atoms with Gasteiger partial charge in [-0.25, -0.2) is 14.4 Å². The van der Waals surface area contributed by atoms with Crippen molar-refractivity contribution < 1.29 is 13.5 Å². The highest BCUT2D eigenvalue weighted by molar-refractivity contribution is 5.90. The number of hydrogen-bond acceptors (Lipinski definition) is 4. The van der Waals surface area contributed by atoms with Gasteiger partial charge in [-0.2, -0.15) is 4.39 Å². The average molecular weight is 392 g/mol. The fourth-order valence-corrected chi connectivity index (χ4v) is 4.22. The van der Waals surface area contributed by atoms with E-state index < -0.39 is 11.6 Å². The molecule has 0 unspecified atom stereocenters. The summed E-state index contributed by atoms with van der Waals surface area (Å²) in [5.41, 5.74) is 11.5. The molecule has 1 aliphatic rings. The van der Waals surface area contributed by atoms with E-state index in [1.54, 1.807) is 4.57 Å². The number of methoxy groups -OCH3 is 1. The third kappa shape index (κ3) is 2.73. The number of hydrogen-bond donors (Lipinski definition) is 1. The standard InChI is InChI=1S/C22H18F2N4O/c1-29-18-9-15(8-17(23)19(18)24)28-10-16(20-21(28)22(25)27-11-26-20)14-6-12-4-2-3-5-13(12)7-14/h2-5,8-11,14H,6-7H2,1H3,(H2,25,26,27). The van der Waals surface area contributed by atoms with Gasteiger partial charge < -0.3 is 15.0 Å². The molecule has 4 aromatic rings. The lowest BCUT2D eigenvalue weighted by Gasteiger charge is -2.10. The molecule has 7 heteroatoms. The molecule has 1 aliphatic carbocycles. The zero-order valence-corrected chi connectivity index (χ0v) is 15.7. The SMILES string of the molecule is COc1cc(-n2cc(C3Cc4ccccc4C3)c3ncnc(N)c32)cc(F)c1F. The molecule has 5 rings (SSSR count). The number of nitrogen functional groups attached to an aromatic ring is 1. The Labute approximate surface area is 165 Å². The number of aromatic nitrogens is 3. The van der Waals surface area contributed by atoms with E-state index in [1.165, 1.54) is 30.6 Å². The highest BCUT2D eigenvalue weighted by Crippen LogP contribution is 2.39. The molecule has 0 aliphatic heterocycles. The minimum atomic E-state index is -1.02. The van der Waals surface area contributed by atoms with Crippen LogP contribution in [0.3, 0.4) is 0 Å². The third-order valence-corrected chi connectivity index (χ3v) is 5.60. The molecule has 2 heterocycles. The van der Waals surface area contributed by atoms with E-state index in [0.29, 0.717) is 11.2 Å². The zero-order chi connectivity index (χ0) is 20.1. The van der Waals surface area contributed by atoms with Crippen molar-refractivity contribution in [2.45, 2.75) is 18.8 Å². The average Bonchev–Trinajstić information content (AvgIpc) is 3.32. The van der Waals surface area contributed by atoms with Crippen LogP contribution < -0.4 is 10.5 Å². The van der Waals surface area contributed by atoms with E-state index in [1.807, 2.05) is 18.3 Å². The van der Waals surface area contributed by atoms with Crippen molar-refractivity contribution >= 4 is 16.9 Å². The molecule has 0 saturated carbocycles. The number of benzene rings is 2. The van der Waals surface area contributed by atoms with Crippen molar-refractivity contribution in [2.75, 3.05) is 12.8 Å². The van der Waals surface area contributed by atoms with Crippen LogP contribution in [0.4, 0.5) is 14.6 Å². The van der Waals surface area contributed by atoms with Crippen LogP contribution in [0.5, 0.6) is 5.75 Å². The Morgan fingerprint density at radius 1 is 1.10 bits per heavy atom. The number of rotatable bonds is 3. The van der Waals surface area contributed by atoms with Crippen LogP contribution >= 0.6 is 0 Å². The van der Waals surface area contributed by atoms with E-state index in [2.05, 4.69) is 22.1 Å². The maximum absolute atomic E-state index is 14.2. The summed E-state index contributed by atoms with van der Waals surface area (Å²) in [5, 5.41) is 0. The summed E-state index contributed by atoms with van der Waals surface area (Å²) in [6.07, 6.45) is 5.11. The van der Waals surface area contributed by atoms with Gasteiger partial charge in [-0.1, -0.05) is 24.3 Å². The van der Waals surface area contributed by atoms with Crippen LogP contribution in [-0.2, 0) is 12.8 Å². The molecule has 0 amide bonds. The largest absolute Gasteiger partial charge is 0.493 e. The van der Waals surface area contributed by atoms with Crippen LogP contribution in [0, 0.1) is 11.6 Å². The van der Waals surface area contributed by atoms with E-state index in [-0.39, 0.29) is 17.5 Å². The van der Waals surface area contributed by atoms with E-state index in [4.69, 9.17) is 10.5 Å². The van der Waals surface area contributed by atoms with Gasteiger partial charge in [0.25, 0.3) is 0 Å². The highest BCUT2D eigenvalue weighted by atomic mass is 19.2. The van der Waals surface area contributed by atoms with Crippen LogP contribution in [0.1, 0.15) is 22.6 Å². The van der Waals surface area contributed by atoms with Gasteiger partial charge in [0, 0.05) is 23.9 Å². The van der Waals surface area contributed by atoms with Crippen molar-refractivity contribution in [3.63, 3.8) is 0 Å². The Hall–Kier alpha value is -3.48. The molecule has 2 N–H and O–H groups in total. The number of halogens is 2. The number of nitrogens with two attached hydrogens (primary N) is 1. The lowest BCUT2D eigenvalue weighted by atomic mass is 9.98. The van der Waals surface area contributed by atoms with Gasteiger partial charge in [0.2, 0.25) is 5.82 Å². The molecule has 0 saturated heterocycles. The fourth-order valence-electron chi connectivity index (χ4n) is 4.22. The minimum absolute atomic E-state index is 0.174. The minimum Gasteiger partial charge on any atom is -0.493 e.